The van der Waals surface area contributed by atoms with Crippen LogP contribution in [-0.2, 0) is 19.1 Å². The first-order chi connectivity index (χ1) is 16.3. The van der Waals surface area contributed by atoms with Gasteiger partial charge in [0.25, 0.3) is 0 Å². The molecule has 0 aromatic heterocycles. The Balaban J connectivity index is 0.00000199. The number of rotatable bonds is 8. The van der Waals surface area contributed by atoms with E-state index in [0.29, 0.717) is 64.4 Å². The fraction of sp³-hybridized carbons (Fsp3) is 0.538. The molecule has 0 saturated carbocycles. The molecule has 34 heavy (non-hydrogen) atoms. The molecule has 188 valence electrons. The summed E-state index contributed by atoms with van der Waals surface area (Å²) in [5, 5.41) is 4.02. The van der Waals surface area contributed by atoms with Gasteiger partial charge < -0.3 is 20.5 Å². The number of halogens is 2. The lowest BCUT2D eigenvalue weighted by Gasteiger charge is -2.38. The van der Waals surface area contributed by atoms with Gasteiger partial charge in [0.05, 0.1) is 41.1 Å². The molecule has 1 aliphatic carbocycles. The standard InChI is InChI=1S/C24H30Cl2N2O4.C2H6/c1-4-32-24(30)22-18(12-31-9-8-27)28-17-10-14(13(2)3)11-19(29)21(17)20(22)15-6-5-7-16(25)23(15)26;1-2/h5-7,13-14,20,28H,4,8-12,27H2,1-3H3;1-2H3. The summed E-state index contributed by atoms with van der Waals surface area (Å²) < 4.78 is 11.1. The van der Waals surface area contributed by atoms with Crippen molar-refractivity contribution in [2.24, 2.45) is 17.6 Å². The number of ketones is 1. The van der Waals surface area contributed by atoms with E-state index in [2.05, 4.69) is 19.2 Å². The molecule has 0 radical (unpaired) electrons. The Hall–Kier alpha value is -1.86. The summed E-state index contributed by atoms with van der Waals surface area (Å²) >= 11 is 12.9. The molecule has 1 aromatic rings. The topological polar surface area (TPSA) is 90.7 Å². The summed E-state index contributed by atoms with van der Waals surface area (Å²) in [6, 6.07) is 5.25. The maximum atomic E-state index is 13.4. The molecule has 3 N–H and O–H groups in total. The molecule has 6 nitrogen and oxygen atoms in total. The van der Waals surface area contributed by atoms with Crippen molar-refractivity contribution in [3.8, 4) is 0 Å². The van der Waals surface area contributed by atoms with Crippen LogP contribution in [0.4, 0.5) is 0 Å². The zero-order valence-corrected chi connectivity index (χ0v) is 22.2. The van der Waals surface area contributed by atoms with Gasteiger partial charge in [-0.15, -0.1) is 0 Å². The highest BCUT2D eigenvalue weighted by molar-refractivity contribution is 6.42. The van der Waals surface area contributed by atoms with Crippen LogP contribution >= 0.6 is 23.2 Å². The third-order valence-corrected chi connectivity index (χ3v) is 6.82. The lowest BCUT2D eigenvalue weighted by molar-refractivity contribution is -0.139. The average Bonchev–Trinajstić information content (AvgIpc) is 2.81. The van der Waals surface area contributed by atoms with E-state index >= 15 is 0 Å². The van der Waals surface area contributed by atoms with E-state index in [-0.39, 0.29) is 24.9 Å². The molecule has 0 amide bonds. The number of benzene rings is 1. The summed E-state index contributed by atoms with van der Waals surface area (Å²) in [7, 11) is 0. The Bertz CT molecular complexity index is 956. The number of esters is 1. The number of allylic oxidation sites excluding steroid dienone is 2. The predicted molar refractivity (Wildman–Crippen MR) is 137 cm³/mol. The van der Waals surface area contributed by atoms with Gasteiger partial charge in [-0.2, -0.15) is 0 Å². The van der Waals surface area contributed by atoms with Gasteiger partial charge in [-0.25, -0.2) is 4.79 Å². The summed E-state index contributed by atoms with van der Waals surface area (Å²) in [5.41, 5.74) is 8.42. The highest BCUT2D eigenvalue weighted by Gasteiger charge is 2.43. The lowest BCUT2D eigenvalue weighted by Crippen LogP contribution is -2.39. The monoisotopic (exact) mass is 510 g/mol. The smallest absolute Gasteiger partial charge is 0.336 e. The van der Waals surface area contributed by atoms with Gasteiger partial charge in [0.1, 0.15) is 0 Å². The first-order valence-corrected chi connectivity index (χ1v) is 12.7. The number of hydrogen-bond donors (Lipinski definition) is 2. The number of nitrogens with one attached hydrogen (secondary N) is 1. The SMILES string of the molecule is CC.CCOC(=O)C1=C(COCCN)NC2=C(C(=O)CC(C(C)C)C2)C1c1cccc(Cl)c1Cl. The van der Waals surface area contributed by atoms with Crippen LogP contribution in [0, 0.1) is 11.8 Å². The second-order valence-electron chi connectivity index (χ2n) is 8.38. The summed E-state index contributed by atoms with van der Waals surface area (Å²) in [5.74, 6) is -0.650. The van der Waals surface area contributed by atoms with Crippen molar-refractivity contribution >= 4 is 35.0 Å². The first kappa shape index (κ1) is 28.4. The van der Waals surface area contributed by atoms with Crippen molar-refractivity contribution in [3.63, 3.8) is 0 Å². The molecule has 0 saturated heterocycles. The molecule has 2 unspecified atom stereocenters. The van der Waals surface area contributed by atoms with Gasteiger partial charge in [-0.3, -0.25) is 4.79 Å². The molecule has 1 aromatic carbocycles. The van der Waals surface area contributed by atoms with Crippen LogP contribution in [0.15, 0.2) is 40.7 Å². The molecular weight excluding hydrogens is 475 g/mol. The molecule has 1 aliphatic heterocycles. The van der Waals surface area contributed by atoms with Crippen LogP contribution in [0.25, 0.3) is 0 Å². The van der Waals surface area contributed by atoms with Crippen LogP contribution in [0.1, 0.15) is 58.9 Å². The Labute approximate surface area is 212 Å². The number of carbonyl (C=O) groups excluding carboxylic acids is 2. The van der Waals surface area contributed by atoms with Gasteiger partial charge in [0.2, 0.25) is 0 Å². The number of hydrogen-bond acceptors (Lipinski definition) is 6. The number of carbonyl (C=O) groups is 2. The quantitative estimate of drug-likeness (QED) is 0.359. The molecule has 0 fully saturated rings. The van der Waals surface area contributed by atoms with Gasteiger partial charge >= 0.3 is 5.97 Å². The highest BCUT2D eigenvalue weighted by atomic mass is 35.5. The molecule has 2 atom stereocenters. The highest BCUT2D eigenvalue weighted by Crippen LogP contribution is 2.47. The van der Waals surface area contributed by atoms with Crippen molar-refractivity contribution in [1.29, 1.82) is 0 Å². The maximum Gasteiger partial charge on any atom is 0.336 e. The molecule has 0 spiro atoms. The van der Waals surface area contributed by atoms with E-state index in [0.717, 1.165) is 5.70 Å². The Kier molecular flexibility index (Phi) is 11.1. The normalized spacial score (nSPS) is 20.0. The van der Waals surface area contributed by atoms with Crippen LogP contribution < -0.4 is 11.1 Å². The van der Waals surface area contributed by atoms with Gasteiger partial charge in [-0.05, 0) is 36.8 Å². The fourth-order valence-corrected chi connectivity index (χ4v) is 4.75. The minimum atomic E-state index is -0.686. The second kappa shape index (κ2) is 13.3. The molecule has 8 heteroatoms. The maximum absolute atomic E-state index is 13.4. The minimum absolute atomic E-state index is 0.00205. The van der Waals surface area contributed by atoms with E-state index in [4.69, 9.17) is 38.4 Å². The third-order valence-electron chi connectivity index (χ3n) is 5.98. The fourth-order valence-electron chi connectivity index (χ4n) is 4.33. The lowest BCUT2D eigenvalue weighted by atomic mass is 9.71. The van der Waals surface area contributed by atoms with E-state index in [1.165, 1.54) is 0 Å². The van der Waals surface area contributed by atoms with E-state index < -0.39 is 11.9 Å². The zero-order valence-electron chi connectivity index (χ0n) is 20.7. The minimum Gasteiger partial charge on any atom is -0.463 e. The summed E-state index contributed by atoms with van der Waals surface area (Å²) in [6.07, 6.45) is 1.12. The number of ether oxygens (including phenoxy) is 2. The number of Topliss-reactive ketones (excluding diaryl/α,β-unsaturated/α-hetero) is 1. The Morgan fingerprint density at radius 3 is 2.56 bits per heavy atom. The molecular formula is C26H36Cl2N2O4. The summed E-state index contributed by atoms with van der Waals surface area (Å²) in [4.78, 5) is 26.6. The summed E-state index contributed by atoms with van der Waals surface area (Å²) in [6.45, 7) is 11.0. The molecule has 0 bridgehead atoms. The van der Waals surface area contributed by atoms with E-state index in [9.17, 15) is 9.59 Å². The van der Waals surface area contributed by atoms with Gasteiger partial charge in [0.15, 0.2) is 5.78 Å². The van der Waals surface area contributed by atoms with Crippen LogP contribution in [0.3, 0.4) is 0 Å². The van der Waals surface area contributed by atoms with E-state index in [1.807, 2.05) is 13.8 Å². The Morgan fingerprint density at radius 1 is 1.24 bits per heavy atom. The number of nitrogens with two attached hydrogens (primary N) is 1. The van der Waals surface area contributed by atoms with Crippen molar-refractivity contribution < 1.29 is 19.1 Å². The Morgan fingerprint density at radius 2 is 1.94 bits per heavy atom. The average molecular weight is 511 g/mol. The van der Waals surface area contributed by atoms with Crippen LogP contribution in [0.2, 0.25) is 10.0 Å². The van der Waals surface area contributed by atoms with Crippen molar-refractivity contribution in [1.82, 2.24) is 5.32 Å². The molecule has 1 heterocycles. The second-order valence-corrected chi connectivity index (χ2v) is 9.17. The van der Waals surface area contributed by atoms with E-state index in [1.54, 1.807) is 25.1 Å². The first-order valence-electron chi connectivity index (χ1n) is 11.9. The largest absolute Gasteiger partial charge is 0.463 e. The van der Waals surface area contributed by atoms with Gasteiger partial charge in [-0.1, -0.05) is 63.0 Å². The molecule has 3 rings (SSSR count). The van der Waals surface area contributed by atoms with Crippen molar-refractivity contribution in [3.05, 3.63) is 56.3 Å². The van der Waals surface area contributed by atoms with Crippen LogP contribution in [0.5, 0.6) is 0 Å². The van der Waals surface area contributed by atoms with Crippen molar-refractivity contribution in [2.45, 2.75) is 53.4 Å². The van der Waals surface area contributed by atoms with Gasteiger partial charge in [0, 0.05) is 30.2 Å². The third kappa shape index (κ3) is 6.22. The zero-order chi connectivity index (χ0) is 25.4. The van der Waals surface area contributed by atoms with Crippen molar-refractivity contribution in [2.75, 3.05) is 26.4 Å². The van der Waals surface area contributed by atoms with Crippen LogP contribution in [-0.4, -0.2) is 38.1 Å². The number of dihydropyridines is 1. The predicted octanol–water partition coefficient (Wildman–Crippen LogP) is 5.39. The molecule has 2 aliphatic rings.